The molecule has 0 aliphatic carbocycles. The number of pyridine rings is 1. The van der Waals surface area contributed by atoms with Crippen LogP contribution in [0.3, 0.4) is 0 Å². The fourth-order valence-electron chi connectivity index (χ4n) is 4.27. The van der Waals surface area contributed by atoms with Gasteiger partial charge < -0.3 is 14.1 Å². The summed E-state index contributed by atoms with van der Waals surface area (Å²) >= 11 is 0. The molecule has 1 N–H and O–H groups in total. The quantitative estimate of drug-likeness (QED) is 0.437. The van der Waals surface area contributed by atoms with Crippen molar-refractivity contribution in [2.24, 2.45) is 0 Å². The molecule has 0 unspecified atom stereocenters. The van der Waals surface area contributed by atoms with Gasteiger partial charge in [-0.1, -0.05) is 6.07 Å². The number of rotatable bonds is 4. The van der Waals surface area contributed by atoms with Gasteiger partial charge in [-0.05, 0) is 49.2 Å². The molecular weight excluding hydrogens is 404 g/mol. The van der Waals surface area contributed by atoms with Crippen molar-refractivity contribution in [1.82, 2.24) is 25.1 Å². The molecule has 1 aliphatic rings. The van der Waals surface area contributed by atoms with Crippen LogP contribution in [0.1, 0.15) is 22.5 Å². The molecule has 6 rings (SSSR count). The molecule has 8 nitrogen and oxygen atoms in total. The number of furan rings is 1. The molecule has 5 heterocycles. The van der Waals surface area contributed by atoms with Crippen LogP contribution in [0.4, 0.5) is 5.82 Å². The van der Waals surface area contributed by atoms with Crippen molar-refractivity contribution >= 4 is 16.8 Å². The van der Waals surface area contributed by atoms with Crippen molar-refractivity contribution in [2.45, 2.75) is 26.9 Å². The molecule has 0 saturated carbocycles. The van der Waals surface area contributed by atoms with E-state index in [4.69, 9.17) is 9.15 Å². The molecule has 158 valence electrons. The van der Waals surface area contributed by atoms with Crippen LogP contribution in [0.2, 0.25) is 0 Å². The Balaban J connectivity index is 1.36. The third kappa shape index (κ3) is 2.99. The molecule has 4 aromatic heterocycles. The van der Waals surface area contributed by atoms with E-state index in [1.807, 2.05) is 37.4 Å². The molecular formula is C24H20N6O2. The van der Waals surface area contributed by atoms with Crippen LogP contribution < -0.4 is 9.64 Å². The third-order valence-corrected chi connectivity index (χ3v) is 5.86. The molecule has 0 amide bonds. The molecule has 8 heteroatoms. The second kappa shape index (κ2) is 7.19. The highest BCUT2D eigenvalue weighted by atomic mass is 16.5. The summed E-state index contributed by atoms with van der Waals surface area (Å²) in [6.45, 7) is 5.61. The van der Waals surface area contributed by atoms with Crippen LogP contribution in [0.5, 0.6) is 11.6 Å². The van der Waals surface area contributed by atoms with Gasteiger partial charge in [0.1, 0.15) is 23.5 Å². The Kier molecular flexibility index (Phi) is 4.17. The predicted molar refractivity (Wildman–Crippen MR) is 119 cm³/mol. The molecule has 0 radical (unpaired) electrons. The zero-order chi connectivity index (χ0) is 21.7. The SMILES string of the molecule is Cc1cc(Oc2nccc3occc23)ccc1-c1c(C)ncnc1N1Cc2cn[nH]c2C1. The second-order valence-electron chi connectivity index (χ2n) is 7.91. The molecule has 1 aliphatic heterocycles. The van der Waals surface area contributed by atoms with Crippen molar-refractivity contribution < 1.29 is 9.15 Å². The molecule has 32 heavy (non-hydrogen) atoms. The van der Waals surface area contributed by atoms with Crippen molar-refractivity contribution in [3.8, 4) is 22.8 Å². The summed E-state index contributed by atoms with van der Waals surface area (Å²) in [5.41, 5.74) is 7.20. The van der Waals surface area contributed by atoms with E-state index < -0.39 is 0 Å². The summed E-state index contributed by atoms with van der Waals surface area (Å²) in [6.07, 6.45) is 6.83. The number of aromatic amines is 1. The van der Waals surface area contributed by atoms with Gasteiger partial charge in [0, 0.05) is 23.9 Å². The third-order valence-electron chi connectivity index (χ3n) is 5.86. The molecule has 0 fully saturated rings. The van der Waals surface area contributed by atoms with E-state index in [2.05, 4.69) is 43.0 Å². The summed E-state index contributed by atoms with van der Waals surface area (Å²) in [4.78, 5) is 15.7. The second-order valence-corrected chi connectivity index (χ2v) is 7.91. The number of anilines is 1. The highest BCUT2D eigenvalue weighted by Crippen LogP contribution is 2.38. The van der Waals surface area contributed by atoms with Gasteiger partial charge in [-0.3, -0.25) is 5.10 Å². The first-order valence-corrected chi connectivity index (χ1v) is 10.4. The van der Waals surface area contributed by atoms with E-state index in [1.165, 1.54) is 5.56 Å². The summed E-state index contributed by atoms with van der Waals surface area (Å²) in [6, 6.07) is 9.71. The number of aromatic nitrogens is 5. The lowest BCUT2D eigenvalue weighted by Crippen LogP contribution is -2.18. The summed E-state index contributed by atoms with van der Waals surface area (Å²) in [5.74, 6) is 2.16. The molecule has 0 spiro atoms. The van der Waals surface area contributed by atoms with Gasteiger partial charge in [-0.25, -0.2) is 15.0 Å². The van der Waals surface area contributed by atoms with Gasteiger partial charge in [0.15, 0.2) is 0 Å². The number of hydrogen-bond donors (Lipinski definition) is 1. The van der Waals surface area contributed by atoms with Gasteiger partial charge in [-0.2, -0.15) is 5.10 Å². The van der Waals surface area contributed by atoms with Crippen LogP contribution in [0.15, 0.2) is 59.7 Å². The fourth-order valence-corrected chi connectivity index (χ4v) is 4.27. The zero-order valence-electron chi connectivity index (χ0n) is 17.7. The highest BCUT2D eigenvalue weighted by molar-refractivity contribution is 5.83. The van der Waals surface area contributed by atoms with E-state index >= 15 is 0 Å². The maximum absolute atomic E-state index is 6.09. The number of benzene rings is 1. The summed E-state index contributed by atoms with van der Waals surface area (Å²) in [7, 11) is 0. The number of H-pyrrole nitrogens is 1. The Morgan fingerprint density at radius 2 is 2.00 bits per heavy atom. The van der Waals surface area contributed by atoms with Crippen molar-refractivity contribution in [2.75, 3.05) is 4.90 Å². The van der Waals surface area contributed by atoms with E-state index in [-0.39, 0.29) is 0 Å². The van der Waals surface area contributed by atoms with Crippen LogP contribution in [0.25, 0.3) is 22.1 Å². The zero-order valence-corrected chi connectivity index (χ0v) is 17.7. The Hall–Kier alpha value is -4.20. The van der Waals surface area contributed by atoms with Crippen LogP contribution in [-0.2, 0) is 13.1 Å². The lowest BCUT2D eigenvalue weighted by atomic mass is 9.99. The number of nitrogens with one attached hydrogen (secondary N) is 1. The van der Waals surface area contributed by atoms with E-state index in [9.17, 15) is 0 Å². The van der Waals surface area contributed by atoms with Gasteiger partial charge in [0.05, 0.1) is 35.8 Å². The molecule has 0 saturated heterocycles. The van der Waals surface area contributed by atoms with E-state index in [0.29, 0.717) is 11.6 Å². The first-order chi connectivity index (χ1) is 15.7. The summed E-state index contributed by atoms with van der Waals surface area (Å²) < 4.78 is 11.5. The lowest BCUT2D eigenvalue weighted by Gasteiger charge is -2.22. The van der Waals surface area contributed by atoms with Crippen molar-refractivity contribution in [3.05, 3.63) is 77.8 Å². The van der Waals surface area contributed by atoms with Gasteiger partial charge in [-0.15, -0.1) is 0 Å². The number of fused-ring (bicyclic) bond motifs is 2. The standard InChI is InChI=1S/C24H20N6O2/c1-14-9-17(32-24-19-6-8-31-21(19)5-7-25-24)3-4-18(14)22-15(2)26-13-27-23(22)30-11-16-10-28-29-20(16)12-30/h3-10,13H,11-12H2,1-2H3,(H,28,29). The predicted octanol–water partition coefficient (Wildman–Crippen LogP) is 4.94. The van der Waals surface area contributed by atoms with Gasteiger partial charge in [0.2, 0.25) is 5.88 Å². The van der Waals surface area contributed by atoms with Gasteiger partial charge >= 0.3 is 0 Å². The Labute approximate surface area is 183 Å². The first kappa shape index (κ1) is 18.6. The molecule has 5 aromatic rings. The van der Waals surface area contributed by atoms with Crippen LogP contribution in [0, 0.1) is 13.8 Å². The smallest absolute Gasteiger partial charge is 0.230 e. The highest BCUT2D eigenvalue weighted by Gasteiger charge is 2.26. The Bertz CT molecular complexity index is 1430. The topological polar surface area (TPSA) is 93.0 Å². The lowest BCUT2D eigenvalue weighted by molar-refractivity contribution is 0.468. The summed E-state index contributed by atoms with van der Waals surface area (Å²) in [5, 5.41) is 8.06. The van der Waals surface area contributed by atoms with Gasteiger partial charge in [0.25, 0.3) is 0 Å². The Morgan fingerprint density at radius 3 is 2.88 bits per heavy atom. The minimum atomic E-state index is 0.523. The maximum atomic E-state index is 6.09. The Morgan fingerprint density at radius 1 is 1.06 bits per heavy atom. The number of nitrogens with zero attached hydrogens (tertiary/aromatic N) is 5. The van der Waals surface area contributed by atoms with Crippen molar-refractivity contribution in [3.63, 3.8) is 0 Å². The van der Waals surface area contributed by atoms with Crippen LogP contribution >= 0.6 is 0 Å². The van der Waals surface area contributed by atoms with E-state index in [1.54, 1.807) is 18.8 Å². The van der Waals surface area contributed by atoms with Crippen molar-refractivity contribution in [1.29, 1.82) is 0 Å². The molecule has 1 aromatic carbocycles. The molecule has 0 atom stereocenters. The maximum Gasteiger partial charge on any atom is 0.230 e. The normalized spacial score (nSPS) is 13.0. The minimum absolute atomic E-state index is 0.523. The first-order valence-electron chi connectivity index (χ1n) is 10.4. The number of hydrogen-bond acceptors (Lipinski definition) is 7. The van der Waals surface area contributed by atoms with Crippen LogP contribution in [-0.4, -0.2) is 25.1 Å². The number of aryl methyl sites for hydroxylation is 2. The fraction of sp³-hybridized carbons (Fsp3) is 0.167. The molecule has 0 bridgehead atoms. The average molecular weight is 424 g/mol. The van der Waals surface area contributed by atoms with E-state index in [0.717, 1.165) is 58.0 Å². The largest absolute Gasteiger partial charge is 0.464 e. The average Bonchev–Trinajstić information content (AvgIpc) is 3.51. The minimum Gasteiger partial charge on any atom is -0.464 e. The number of ether oxygens (including phenoxy) is 1. The monoisotopic (exact) mass is 424 g/mol.